The van der Waals surface area contributed by atoms with Gasteiger partial charge in [0.25, 0.3) is 8.32 Å². The lowest BCUT2D eigenvalue weighted by Crippen LogP contribution is -2.44. The average molecular weight is 628 g/mol. The summed E-state index contributed by atoms with van der Waals surface area (Å²) in [5.41, 5.74) is 0.231. The van der Waals surface area contributed by atoms with E-state index in [-0.39, 0.29) is 34.5 Å². The van der Waals surface area contributed by atoms with Crippen LogP contribution in [-0.2, 0) is 23.7 Å². The lowest BCUT2D eigenvalue weighted by molar-refractivity contribution is -0.152. The second-order valence-corrected chi connectivity index (χ2v) is 19.3. The molecule has 0 N–H and O–H groups in total. The number of hydrogen-bond acceptors (Lipinski definition) is 8. The summed E-state index contributed by atoms with van der Waals surface area (Å²) in [5, 5.41) is -0.190. The molecule has 0 radical (unpaired) electrons. The van der Waals surface area contributed by atoms with Crippen LogP contribution in [0.2, 0.25) is 18.1 Å². The normalized spacial score (nSPS) is 24.9. The van der Waals surface area contributed by atoms with E-state index in [4.69, 9.17) is 23.4 Å². The fourth-order valence-electron chi connectivity index (χ4n) is 4.35. The molecule has 1 fully saturated rings. The van der Waals surface area contributed by atoms with Gasteiger partial charge in [0, 0.05) is 31.0 Å². The fourth-order valence-corrected chi connectivity index (χ4v) is 5.37. The summed E-state index contributed by atoms with van der Waals surface area (Å²) in [6, 6.07) is 3.33. The Balaban J connectivity index is 2.25. The highest BCUT2D eigenvalue weighted by Gasteiger charge is 2.44. The molecular weight excluding hydrogens is 578 g/mol. The molecule has 44 heavy (non-hydrogen) atoms. The van der Waals surface area contributed by atoms with E-state index in [1.165, 1.54) is 11.0 Å². The Morgan fingerprint density at radius 3 is 2.30 bits per heavy atom. The smallest absolute Gasteiger partial charge is 0.414 e. The number of carbonyl (C=O) groups is 3. The highest BCUT2D eigenvalue weighted by molar-refractivity contribution is 6.74. The van der Waals surface area contributed by atoms with Crippen molar-refractivity contribution in [3.8, 4) is 17.6 Å². The first-order valence-electron chi connectivity index (χ1n) is 15.1. The van der Waals surface area contributed by atoms with Gasteiger partial charge in [0.1, 0.15) is 29.1 Å². The number of fused-ring (bicyclic) bond motifs is 2. The Bertz CT molecular complexity index is 1370. The van der Waals surface area contributed by atoms with Crippen LogP contribution in [0.15, 0.2) is 24.3 Å². The summed E-state index contributed by atoms with van der Waals surface area (Å²) in [6.07, 6.45) is 0.765. The van der Waals surface area contributed by atoms with Crippen LogP contribution in [0.4, 0.5) is 10.5 Å². The molecule has 2 aliphatic heterocycles. The summed E-state index contributed by atoms with van der Waals surface area (Å²) in [5.74, 6) is 4.42. The van der Waals surface area contributed by atoms with E-state index in [0.717, 1.165) is 0 Å². The fraction of sp³-hybridized carbons (Fsp3) is 0.618. The van der Waals surface area contributed by atoms with Crippen LogP contribution >= 0.6 is 0 Å². The molecule has 1 saturated heterocycles. The van der Waals surface area contributed by atoms with Crippen molar-refractivity contribution in [2.75, 3.05) is 11.9 Å². The monoisotopic (exact) mass is 627 g/mol. The van der Waals surface area contributed by atoms with Crippen LogP contribution in [0.3, 0.4) is 0 Å². The molecule has 1 aromatic rings. The van der Waals surface area contributed by atoms with Crippen LogP contribution in [0.5, 0.6) is 5.75 Å². The topological polar surface area (TPSA) is 101 Å². The number of benzene rings is 1. The minimum Gasteiger partial charge on any atom is -0.543 e. The molecule has 2 aliphatic rings. The minimum absolute atomic E-state index is 0.165. The van der Waals surface area contributed by atoms with Crippen LogP contribution in [0.1, 0.15) is 91.6 Å². The lowest BCUT2D eigenvalue weighted by Gasteiger charge is -2.37. The predicted octanol–water partition coefficient (Wildman–Crippen LogP) is 7.02. The highest BCUT2D eigenvalue weighted by atomic mass is 28.4. The van der Waals surface area contributed by atoms with Gasteiger partial charge in [0.15, 0.2) is 17.7 Å². The average Bonchev–Trinajstić information content (AvgIpc) is 3.17. The van der Waals surface area contributed by atoms with E-state index < -0.39 is 50.1 Å². The lowest BCUT2D eigenvalue weighted by atomic mass is 10.00. The van der Waals surface area contributed by atoms with Crippen molar-refractivity contribution in [3.63, 3.8) is 0 Å². The molecule has 10 heteroatoms. The van der Waals surface area contributed by atoms with E-state index in [0.29, 0.717) is 11.3 Å². The van der Waals surface area contributed by atoms with Gasteiger partial charge in [-0.05, 0) is 71.8 Å². The van der Waals surface area contributed by atoms with Crippen LogP contribution in [0.25, 0.3) is 0 Å². The third-order valence-electron chi connectivity index (χ3n) is 8.10. The zero-order valence-corrected chi connectivity index (χ0v) is 29.5. The van der Waals surface area contributed by atoms with Gasteiger partial charge in [-0.25, -0.2) is 9.59 Å². The van der Waals surface area contributed by atoms with Crippen molar-refractivity contribution in [2.24, 2.45) is 5.92 Å². The number of ether oxygens (including phenoxy) is 4. The molecule has 0 aliphatic carbocycles. The molecule has 0 spiro atoms. The van der Waals surface area contributed by atoms with E-state index in [9.17, 15) is 14.4 Å². The van der Waals surface area contributed by atoms with E-state index >= 15 is 0 Å². The van der Waals surface area contributed by atoms with Crippen molar-refractivity contribution < 1.29 is 37.8 Å². The minimum atomic E-state index is -2.49. The number of rotatable bonds is 3. The number of cyclic esters (lactones) is 1. The SMILES string of the molecule is CC1OC(=O)c2c(cc(N(C)C(=O)OC(C)(C)C)cc2O[Si](C)(C)C(C)(C)C)C#CCC2OC(C)(C)O[C@@H]2C(=O)/C=C\[C@H]1C. The van der Waals surface area contributed by atoms with Gasteiger partial charge in [-0.2, -0.15) is 0 Å². The van der Waals surface area contributed by atoms with Gasteiger partial charge in [-0.15, -0.1) is 0 Å². The first-order valence-corrected chi connectivity index (χ1v) is 18.0. The molecule has 0 bridgehead atoms. The molecule has 1 amide bonds. The summed E-state index contributed by atoms with van der Waals surface area (Å²) in [7, 11) is -0.894. The second-order valence-electron chi connectivity index (χ2n) is 14.6. The number of ketones is 1. The van der Waals surface area contributed by atoms with Gasteiger partial charge in [-0.1, -0.05) is 45.6 Å². The Morgan fingerprint density at radius 1 is 1.07 bits per heavy atom. The van der Waals surface area contributed by atoms with Crippen molar-refractivity contribution in [1.29, 1.82) is 0 Å². The molecular formula is C34H49NO8Si. The number of amides is 1. The molecule has 2 unspecified atom stereocenters. The van der Waals surface area contributed by atoms with Crippen molar-refractivity contribution in [3.05, 3.63) is 35.4 Å². The van der Waals surface area contributed by atoms with Crippen LogP contribution < -0.4 is 9.33 Å². The zero-order valence-electron chi connectivity index (χ0n) is 28.5. The van der Waals surface area contributed by atoms with Crippen LogP contribution in [0, 0.1) is 17.8 Å². The van der Waals surface area contributed by atoms with E-state index in [1.54, 1.807) is 66.8 Å². The standard InChI is InChI=1S/C34H49NO8Si/c1-21-17-18-25(36)29-26(40-34(9,10)41-29)16-14-15-23-19-24(35(11)31(38)42-32(3,4)5)20-27(28(23)30(37)39-22(21)2)43-44(12,13)33(6,7)8/h17-22,26,29H,16H2,1-13H3/b18-17-/t21-,22?,26?,29-/m1/s1. The quantitative estimate of drug-likeness (QED) is 0.200. The van der Waals surface area contributed by atoms with E-state index in [2.05, 4.69) is 45.7 Å². The Morgan fingerprint density at radius 2 is 1.70 bits per heavy atom. The molecule has 9 nitrogen and oxygen atoms in total. The zero-order chi connectivity index (χ0) is 33.4. The van der Waals surface area contributed by atoms with Gasteiger partial charge in [0.2, 0.25) is 0 Å². The molecule has 0 aromatic heterocycles. The summed E-state index contributed by atoms with van der Waals surface area (Å²) < 4.78 is 30.3. The van der Waals surface area contributed by atoms with Crippen molar-refractivity contribution in [1.82, 2.24) is 0 Å². The van der Waals surface area contributed by atoms with Gasteiger partial charge in [-0.3, -0.25) is 9.69 Å². The number of hydrogen-bond donors (Lipinski definition) is 0. The molecule has 0 saturated carbocycles. The first kappa shape index (κ1) is 35.3. The predicted molar refractivity (Wildman–Crippen MR) is 172 cm³/mol. The maximum atomic E-state index is 13.9. The Labute approximate surface area is 263 Å². The number of carbonyl (C=O) groups excluding carboxylic acids is 3. The summed E-state index contributed by atoms with van der Waals surface area (Å²) >= 11 is 0. The molecule has 242 valence electrons. The molecule has 2 heterocycles. The maximum Gasteiger partial charge on any atom is 0.414 e. The third kappa shape index (κ3) is 8.52. The molecule has 1 aromatic carbocycles. The third-order valence-corrected chi connectivity index (χ3v) is 12.4. The van der Waals surface area contributed by atoms with Gasteiger partial charge < -0.3 is 23.4 Å². The number of anilines is 1. The first-order chi connectivity index (χ1) is 20.0. The Kier molecular flexibility index (Phi) is 10.2. The van der Waals surface area contributed by atoms with Crippen molar-refractivity contribution in [2.45, 2.75) is 123 Å². The van der Waals surface area contributed by atoms with E-state index in [1.807, 2.05) is 6.92 Å². The van der Waals surface area contributed by atoms with Crippen molar-refractivity contribution >= 4 is 31.9 Å². The molecule has 3 rings (SSSR count). The highest BCUT2D eigenvalue weighted by Crippen LogP contribution is 2.41. The summed E-state index contributed by atoms with van der Waals surface area (Å²) in [6.45, 7) is 23.0. The number of nitrogens with zero attached hydrogens (tertiary/aromatic N) is 1. The Hall–Kier alpha value is -3.13. The van der Waals surface area contributed by atoms with Gasteiger partial charge >= 0.3 is 12.1 Å². The largest absolute Gasteiger partial charge is 0.543 e. The molecule has 4 atom stereocenters. The second kappa shape index (κ2) is 12.7. The number of esters is 1. The van der Waals surface area contributed by atoms with Gasteiger partial charge in [0.05, 0.1) is 5.69 Å². The maximum absolute atomic E-state index is 13.9. The van der Waals surface area contributed by atoms with Crippen LogP contribution in [-0.4, -0.2) is 62.9 Å². The summed E-state index contributed by atoms with van der Waals surface area (Å²) in [4.78, 5) is 41.5.